The van der Waals surface area contributed by atoms with Crippen LogP contribution in [0.1, 0.15) is 48.9 Å². The van der Waals surface area contributed by atoms with Crippen molar-refractivity contribution in [2.75, 3.05) is 4.90 Å². The minimum absolute atomic E-state index is 0.0412. The number of nitrogens with zero attached hydrogens (tertiary/aromatic N) is 1. The molecule has 0 radical (unpaired) electrons. The van der Waals surface area contributed by atoms with E-state index in [0.717, 1.165) is 33.4 Å². The van der Waals surface area contributed by atoms with Crippen LogP contribution in [0.25, 0.3) is 11.1 Å². The number of hydrogen-bond acceptors (Lipinski definition) is 3. The number of benzene rings is 3. The van der Waals surface area contributed by atoms with E-state index in [4.69, 9.17) is 0 Å². The van der Waals surface area contributed by atoms with Crippen LogP contribution in [0.2, 0.25) is 0 Å². The first-order valence-electron chi connectivity index (χ1n) is 13.2. The summed E-state index contributed by atoms with van der Waals surface area (Å²) in [6, 6.07) is 25.8. The van der Waals surface area contributed by atoms with Gasteiger partial charge < -0.3 is 0 Å². The first kappa shape index (κ1) is 23.6. The van der Waals surface area contributed by atoms with Gasteiger partial charge in [-0.15, -0.1) is 0 Å². The van der Waals surface area contributed by atoms with Gasteiger partial charge in [-0.25, -0.2) is 4.90 Å². The lowest BCUT2D eigenvalue weighted by Gasteiger charge is -2.38. The molecule has 0 N–H and O–H groups in total. The predicted molar refractivity (Wildman–Crippen MR) is 146 cm³/mol. The van der Waals surface area contributed by atoms with Crippen molar-refractivity contribution in [1.29, 1.82) is 0 Å². The summed E-state index contributed by atoms with van der Waals surface area (Å²) in [6.45, 7) is 7.93. The first-order chi connectivity index (χ1) is 17.8. The molecule has 2 aliphatic carbocycles. The Labute approximate surface area is 218 Å². The molecule has 1 saturated heterocycles. The van der Waals surface area contributed by atoms with Crippen LogP contribution in [0, 0.1) is 36.5 Å². The van der Waals surface area contributed by atoms with Crippen molar-refractivity contribution in [2.45, 2.75) is 40.5 Å². The van der Waals surface area contributed by atoms with Crippen molar-refractivity contribution in [1.82, 2.24) is 0 Å². The number of carbonyl (C=O) groups excluding carboxylic acids is 3. The molecular formula is C33H31NO3. The monoisotopic (exact) mass is 489 g/mol. The molecule has 3 aliphatic rings. The van der Waals surface area contributed by atoms with Gasteiger partial charge in [-0.2, -0.15) is 0 Å². The van der Waals surface area contributed by atoms with E-state index in [1.165, 1.54) is 4.90 Å². The Morgan fingerprint density at radius 3 is 1.43 bits per heavy atom. The Balaban J connectivity index is 1.67. The molecule has 0 spiro atoms. The van der Waals surface area contributed by atoms with Gasteiger partial charge in [-0.05, 0) is 72.2 Å². The van der Waals surface area contributed by atoms with Crippen molar-refractivity contribution in [3.8, 4) is 0 Å². The summed E-state index contributed by atoms with van der Waals surface area (Å²) in [5, 5.41) is 0. The molecule has 6 rings (SSSR count). The van der Waals surface area contributed by atoms with Crippen LogP contribution in [-0.2, 0) is 14.4 Å². The third-order valence-electron chi connectivity index (χ3n) is 9.03. The molecule has 4 heteroatoms. The quantitative estimate of drug-likeness (QED) is 0.389. The van der Waals surface area contributed by atoms with E-state index in [9.17, 15) is 14.4 Å². The summed E-state index contributed by atoms with van der Waals surface area (Å²) >= 11 is 0. The molecule has 4 nitrogen and oxygen atoms in total. The SMILES string of the molecule is CC[C@]12C(=O)[C@](CC)(C(c3ccccc3)=C1c1ccccc1)[C@H]1C(=O)N(c3cc(C)cc(C)c3)C(=O)[C@@H]12. The summed E-state index contributed by atoms with van der Waals surface area (Å²) in [5.74, 6) is -1.86. The first-order valence-corrected chi connectivity index (χ1v) is 13.2. The molecule has 1 saturated carbocycles. The number of rotatable bonds is 5. The topological polar surface area (TPSA) is 54.5 Å². The van der Waals surface area contributed by atoms with Gasteiger partial charge in [-0.1, -0.05) is 80.6 Å². The molecule has 2 fully saturated rings. The second kappa shape index (κ2) is 8.11. The Morgan fingerprint density at radius 2 is 1.05 bits per heavy atom. The Bertz CT molecular complexity index is 1380. The normalized spacial score (nSPS) is 28.4. The maximum atomic E-state index is 14.7. The van der Waals surface area contributed by atoms with Crippen molar-refractivity contribution >= 4 is 34.4 Å². The number of hydrogen-bond donors (Lipinski definition) is 0. The third kappa shape index (κ3) is 2.81. The average molecular weight is 490 g/mol. The van der Waals surface area contributed by atoms with E-state index in [0.29, 0.717) is 18.5 Å². The molecule has 2 bridgehead atoms. The number of imide groups is 1. The number of Topliss-reactive ketones (excluding diaryl/α,β-unsaturated/α-hetero) is 1. The van der Waals surface area contributed by atoms with Crippen LogP contribution in [0.15, 0.2) is 78.9 Å². The molecule has 1 aliphatic heterocycles. The van der Waals surface area contributed by atoms with Gasteiger partial charge >= 0.3 is 0 Å². The van der Waals surface area contributed by atoms with Gasteiger partial charge in [-0.3, -0.25) is 14.4 Å². The van der Waals surface area contributed by atoms with Gasteiger partial charge in [0.1, 0.15) is 0 Å². The van der Waals surface area contributed by atoms with Crippen LogP contribution in [0.3, 0.4) is 0 Å². The average Bonchev–Trinajstić information content (AvgIpc) is 3.40. The van der Waals surface area contributed by atoms with E-state index in [2.05, 4.69) is 0 Å². The summed E-state index contributed by atoms with van der Waals surface area (Å²) in [7, 11) is 0. The fourth-order valence-corrected chi connectivity index (χ4v) is 7.79. The summed E-state index contributed by atoms with van der Waals surface area (Å²) in [4.78, 5) is 44.8. The zero-order valence-corrected chi connectivity index (χ0v) is 21.7. The molecule has 3 aromatic rings. The van der Waals surface area contributed by atoms with Crippen molar-refractivity contribution < 1.29 is 14.4 Å². The van der Waals surface area contributed by atoms with Crippen molar-refractivity contribution in [3.63, 3.8) is 0 Å². The van der Waals surface area contributed by atoms with Gasteiger partial charge in [0, 0.05) is 0 Å². The lowest BCUT2D eigenvalue weighted by Crippen LogP contribution is -2.41. The Morgan fingerprint density at radius 1 is 0.649 bits per heavy atom. The molecule has 3 aromatic carbocycles. The van der Waals surface area contributed by atoms with Gasteiger partial charge in [0.05, 0.1) is 28.4 Å². The molecule has 4 atom stereocenters. The number of ketones is 1. The Hall–Kier alpha value is -3.79. The van der Waals surface area contributed by atoms with Crippen LogP contribution in [0.4, 0.5) is 5.69 Å². The zero-order valence-electron chi connectivity index (χ0n) is 21.7. The van der Waals surface area contributed by atoms with Crippen LogP contribution >= 0.6 is 0 Å². The molecule has 2 amide bonds. The lowest BCUT2D eigenvalue weighted by molar-refractivity contribution is -0.134. The third-order valence-corrected chi connectivity index (χ3v) is 9.03. The van der Waals surface area contributed by atoms with Gasteiger partial charge in [0.25, 0.3) is 0 Å². The smallest absolute Gasteiger partial charge is 0.239 e. The zero-order chi connectivity index (χ0) is 26.1. The number of amides is 2. The highest BCUT2D eigenvalue weighted by Gasteiger charge is 2.80. The molecule has 0 aromatic heterocycles. The molecule has 186 valence electrons. The minimum Gasteiger partial charge on any atom is -0.298 e. The highest BCUT2D eigenvalue weighted by atomic mass is 16.2. The van der Waals surface area contributed by atoms with E-state index < -0.39 is 22.7 Å². The molecule has 37 heavy (non-hydrogen) atoms. The highest BCUT2D eigenvalue weighted by molar-refractivity contribution is 6.34. The van der Waals surface area contributed by atoms with Crippen molar-refractivity contribution in [2.24, 2.45) is 22.7 Å². The van der Waals surface area contributed by atoms with E-state index in [-0.39, 0.29) is 17.6 Å². The fraction of sp³-hybridized carbons (Fsp3) is 0.303. The van der Waals surface area contributed by atoms with E-state index in [1.807, 2.05) is 107 Å². The summed E-state index contributed by atoms with van der Waals surface area (Å²) in [5.41, 5.74) is 4.27. The summed E-state index contributed by atoms with van der Waals surface area (Å²) < 4.78 is 0. The van der Waals surface area contributed by atoms with Crippen molar-refractivity contribution in [3.05, 3.63) is 101 Å². The van der Waals surface area contributed by atoms with E-state index in [1.54, 1.807) is 0 Å². The van der Waals surface area contributed by atoms with Crippen LogP contribution < -0.4 is 4.90 Å². The van der Waals surface area contributed by atoms with Gasteiger partial charge in [0.15, 0.2) is 5.78 Å². The number of carbonyl (C=O) groups is 3. The number of aryl methyl sites for hydroxylation is 2. The number of fused-ring (bicyclic) bond motifs is 5. The summed E-state index contributed by atoms with van der Waals surface area (Å²) in [6.07, 6.45) is 0.935. The van der Waals surface area contributed by atoms with Crippen LogP contribution in [0.5, 0.6) is 0 Å². The largest absolute Gasteiger partial charge is 0.298 e. The maximum absolute atomic E-state index is 14.7. The maximum Gasteiger partial charge on any atom is 0.239 e. The number of anilines is 1. The highest BCUT2D eigenvalue weighted by Crippen LogP contribution is 2.75. The molecule has 1 heterocycles. The second-order valence-corrected chi connectivity index (χ2v) is 10.8. The van der Waals surface area contributed by atoms with E-state index >= 15 is 0 Å². The van der Waals surface area contributed by atoms with Crippen LogP contribution in [-0.4, -0.2) is 17.6 Å². The second-order valence-electron chi connectivity index (χ2n) is 10.8. The minimum atomic E-state index is -1.05. The standard InChI is InChI=1S/C33H31NO3/c1-5-32-25(22-13-9-7-10-14-22)26(23-15-11-8-12-16-23)33(6-2,31(32)37)28-27(32)29(35)34(30(28)36)24-18-20(3)17-21(4)19-24/h7-19,27-28H,5-6H2,1-4H3/t27-,28-,32-,33+/m1/s1. The molecular weight excluding hydrogens is 458 g/mol. The van der Waals surface area contributed by atoms with Gasteiger partial charge in [0.2, 0.25) is 11.8 Å². The fourth-order valence-electron chi connectivity index (χ4n) is 7.79. The number of allylic oxidation sites excluding steroid dienone is 2. The lowest BCUT2D eigenvalue weighted by atomic mass is 9.60. The predicted octanol–water partition coefficient (Wildman–Crippen LogP) is 6.41. The molecule has 0 unspecified atom stereocenters. The Kier molecular flexibility index (Phi) is 5.17.